The highest BCUT2D eigenvalue weighted by atomic mass is 16.3. The minimum atomic E-state index is -0.0239. The fourth-order valence-corrected chi connectivity index (χ4v) is 2.04. The highest BCUT2D eigenvalue weighted by molar-refractivity contribution is 5.56. The molecule has 0 aliphatic heterocycles. The second-order valence-corrected chi connectivity index (χ2v) is 4.55. The summed E-state index contributed by atoms with van der Waals surface area (Å²) in [5, 5.41) is 12.5. The van der Waals surface area contributed by atoms with Crippen molar-refractivity contribution in [3.63, 3.8) is 0 Å². The molecule has 21 heavy (non-hydrogen) atoms. The van der Waals surface area contributed by atoms with Crippen molar-refractivity contribution in [2.75, 3.05) is 5.32 Å². The van der Waals surface area contributed by atoms with Gasteiger partial charge in [-0.2, -0.15) is 0 Å². The molecule has 0 spiro atoms. The van der Waals surface area contributed by atoms with Gasteiger partial charge in [-0.15, -0.1) is 0 Å². The maximum Gasteiger partial charge on any atom is 0.135 e. The summed E-state index contributed by atoms with van der Waals surface area (Å²) in [5.74, 6) is 1.59. The van der Waals surface area contributed by atoms with E-state index in [1.165, 1.54) is 0 Å². The Bertz CT molecular complexity index is 710. The van der Waals surface area contributed by atoms with Crippen molar-refractivity contribution in [3.05, 3.63) is 66.4 Å². The van der Waals surface area contributed by atoms with Gasteiger partial charge in [0.05, 0.1) is 25.0 Å². The van der Waals surface area contributed by atoms with Crippen LogP contribution in [0.1, 0.15) is 11.3 Å². The number of hydrogen-bond donors (Lipinski definition) is 2. The Labute approximate surface area is 122 Å². The Hall–Kier alpha value is -2.66. The third kappa shape index (κ3) is 3.09. The minimum Gasteiger partial charge on any atom is -0.459 e. The van der Waals surface area contributed by atoms with E-state index in [1.807, 2.05) is 24.3 Å². The molecule has 3 heterocycles. The van der Waals surface area contributed by atoms with Crippen LogP contribution in [0.5, 0.6) is 0 Å². The second-order valence-electron chi connectivity index (χ2n) is 4.55. The molecular formula is C16H15N3O2. The molecule has 0 aliphatic carbocycles. The Morgan fingerprint density at radius 3 is 2.76 bits per heavy atom. The van der Waals surface area contributed by atoms with Gasteiger partial charge >= 0.3 is 0 Å². The summed E-state index contributed by atoms with van der Waals surface area (Å²) in [4.78, 5) is 8.12. The van der Waals surface area contributed by atoms with E-state index < -0.39 is 0 Å². The zero-order valence-corrected chi connectivity index (χ0v) is 11.4. The number of nitrogens with one attached hydrogen (secondary N) is 1. The zero-order valence-electron chi connectivity index (χ0n) is 11.4. The maximum absolute atomic E-state index is 9.27. The molecular weight excluding hydrogens is 266 g/mol. The lowest BCUT2D eigenvalue weighted by Crippen LogP contribution is -2.02. The smallest absolute Gasteiger partial charge is 0.135 e. The largest absolute Gasteiger partial charge is 0.459 e. The van der Waals surface area contributed by atoms with E-state index in [4.69, 9.17) is 4.42 Å². The predicted molar refractivity (Wildman–Crippen MR) is 79.4 cm³/mol. The topological polar surface area (TPSA) is 71.2 Å². The SMILES string of the molecule is OCc1ccncc1NCc1ccc(-c2cccnc2)o1. The number of anilines is 1. The van der Waals surface area contributed by atoms with Gasteiger partial charge in [-0.3, -0.25) is 9.97 Å². The average Bonchev–Trinajstić information content (AvgIpc) is 3.03. The molecule has 0 amide bonds. The number of aliphatic hydroxyl groups is 1. The molecule has 3 rings (SSSR count). The molecule has 0 aromatic carbocycles. The number of nitrogens with zero attached hydrogens (tertiary/aromatic N) is 2. The molecule has 2 N–H and O–H groups in total. The van der Waals surface area contributed by atoms with Gasteiger partial charge in [0, 0.05) is 29.7 Å². The summed E-state index contributed by atoms with van der Waals surface area (Å²) in [5.41, 5.74) is 2.56. The first kappa shape index (κ1) is 13.3. The summed E-state index contributed by atoms with van der Waals surface area (Å²) in [6.07, 6.45) is 6.84. The highest BCUT2D eigenvalue weighted by Gasteiger charge is 2.06. The molecule has 0 atom stereocenters. The minimum absolute atomic E-state index is 0.0239. The third-order valence-electron chi connectivity index (χ3n) is 3.14. The van der Waals surface area contributed by atoms with Crippen LogP contribution in [0.25, 0.3) is 11.3 Å². The van der Waals surface area contributed by atoms with E-state index in [1.54, 1.807) is 30.9 Å². The van der Waals surface area contributed by atoms with Gasteiger partial charge in [0.1, 0.15) is 11.5 Å². The number of aliphatic hydroxyl groups excluding tert-OH is 1. The van der Waals surface area contributed by atoms with Gasteiger partial charge in [0.25, 0.3) is 0 Å². The molecule has 0 radical (unpaired) electrons. The van der Waals surface area contributed by atoms with Crippen molar-refractivity contribution < 1.29 is 9.52 Å². The van der Waals surface area contributed by atoms with Crippen LogP contribution in [0.15, 0.2) is 59.5 Å². The number of rotatable bonds is 5. The Kier molecular flexibility index (Phi) is 3.93. The van der Waals surface area contributed by atoms with E-state index in [0.717, 1.165) is 28.3 Å². The number of furan rings is 1. The zero-order chi connectivity index (χ0) is 14.5. The molecule has 106 valence electrons. The molecule has 0 saturated carbocycles. The maximum atomic E-state index is 9.27. The molecule has 5 nitrogen and oxygen atoms in total. The lowest BCUT2D eigenvalue weighted by atomic mass is 10.2. The fraction of sp³-hybridized carbons (Fsp3) is 0.125. The Balaban J connectivity index is 1.71. The molecule has 3 aromatic rings. The quantitative estimate of drug-likeness (QED) is 0.752. The Morgan fingerprint density at radius 2 is 1.95 bits per heavy atom. The Morgan fingerprint density at radius 1 is 1.05 bits per heavy atom. The van der Waals surface area contributed by atoms with E-state index in [2.05, 4.69) is 15.3 Å². The summed E-state index contributed by atoms with van der Waals surface area (Å²) in [6, 6.07) is 9.45. The van der Waals surface area contributed by atoms with Gasteiger partial charge in [0.2, 0.25) is 0 Å². The van der Waals surface area contributed by atoms with Gasteiger partial charge < -0.3 is 14.8 Å². The fourth-order valence-electron chi connectivity index (χ4n) is 2.04. The van der Waals surface area contributed by atoms with E-state index in [0.29, 0.717) is 6.54 Å². The first-order valence-electron chi connectivity index (χ1n) is 6.63. The molecule has 0 bridgehead atoms. The van der Waals surface area contributed by atoms with Gasteiger partial charge in [-0.1, -0.05) is 0 Å². The molecule has 5 heteroatoms. The first-order chi connectivity index (χ1) is 10.4. The van der Waals surface area contributed by atoms with Crippen LogP contribution in [0, 0.1) is 0 Å². The highest BCUT2D eigenvalue weighted by Crippen LogP contribution is 2.22. The van der Waals surface area contributed by atoms with Crippen LogP contribution in [0.4, 0.5) is 5.69 Å². The van der Waals surface area contributed by atoms with Gasteiger partial charge in [0.15, 0.2) is 0 Å². The van der Waals surface area contributed by atoms with E-state index >= 15 is 0 Å². The summed E-state index contributed by atoms with van der Waals surface area (Å²) >= 11 is 0. The van der Waals surface area contributed by atoms with Crippen molar-refractivity contribution in [1.29, 1.82) is 0 Å². The second kappa shape index (κ2) is 6.19. The van der Waals surface area contributed by atoms with E-state index in [9.17, 15) is 5.11 Å². The number of hydrogen-bond acceptors (Lipinski definition) is 5. The van der Waals surface area contributed by atoms with Crippen molar-refractivity contribution in [1.82, 2.24) is 9.97 Å². The van der Waals surface area contributed by atoms with Crippen LogP contribution in [-0.2, 0) is 13.2 Å². The number of pyridine rings is 2. The monoisotopic (exact) mass is 281 g/mol. The van der Waals surface area contributed by atoms with Crippen molar-refractivity contribution >= 4 is 5.69 Å². The summed E-state index contributed by atoms with van der Waals surface area (Å²) in [6.45, 7) is 0.503. The molecule has 0 saturated heterocycles. The lowest BCUT2D eigenvalue weighted by molar-refractivity contribution is 0.282. The normalized spacial score (nSPS) is 10.5. The van der Waals surface area contributed by atoms with Crippen LogP contribution >= 0.6 is 0 Å². The molecule has 0 aliphatic rings. The van der Waals surface area contributed by atoms with Crippen molar-refractivity contribution in [3.8, 4) is 11.3 Å². The van der Waals surface area contributed by atoms with Crippen molar-refractivity contribution in [2.24, 2.45) is 0 Å². The standard InChI is InChI=1S/C16H15N3O2/c20-11-13-5-7-18-10-15(13)19-9-14-3-4-16(21-14)12-2-1-6-17-8-12/h1-8,10,19-20H,9,11H2. The molecule has 0 unspecified atom stereocenters. The first-order valence-corrected chi connectivity index (χ1v) is 6.63. The van der Waals surface area contributed by atoms with Gasteiger partial charge in [-0.25, -0.2) is 0 Å². The van der Waals surface area contributed by atoms with Crippen LogP contribution in [0.2, 0.25) is 0 Å². The molecule has 3 aromatic heterocycles. The van der Waals surface area contributed by atoms with Gasteiger partial charge in [-0.05, 0) is 30.3 Å². The van der Waals surface area contributed by atoms with Crippen LogP contribution < -0.4 is 5.32 Å². The average molecular weight is 281 g/mol. The summed E-state index contributed by atoms with van der Waals surface area (Å²) in [7, 11) is 0. The van der Waals surface area contributed by atoms with Crippen LogP contribution in [0.3, 0.4) is 0 Å². The summed E-state index contributed by atoms with van der Waals surface area (Å²) < 4.78 is 5.78. The van der Waals surface area contributed by atoms with E-state index in [-0.39, 0.29) is 6.61 Å². The number of aromatic nitrogens is 2. The molecule has 0 fully saturated rings. The third-order valence-corrected chi connectivity index (χ3v) is 3.14. The predicted octanol–water partition coefficient (Wildman–Crippen LogP) is 2.84. The van der Waals surface area contributed by atoms with Crippen molar-refractivity contribution in [2.45, 2.75) is 13.2 Å². The lowest BCUT2D eigenvalue weighted by Gasteiger charge is -2.08. The van der Waals surface area contributed by atoms with Crippen LogP contribution in [-0.4, -0.2) is 15.1 Å².